The molecule has 2 aromatic rings. The van der Waals surface area contributed by atoms with Crippen LogP contribution in [0.3, 0.4) is 0 Å². The highest BCUT2D eigenvalue weighted by molar-refractivity contribution is 5.95. The van der Waals surface area contributed by atoms with E-state index in [1.807, 2.05) is 24.3 Å². The summed E-state index contributed by atoms with van der Waals surface area (Å²) in [5, 5.41) is 22.9. The minimum Gasteiger partial charge on any atom is -0.508 e. The van der Waals surface area contributed by atoms with Crippen LogP contribution in [0.5, 0.6) is 5.75 Å². The monoisotopic (exact) mass is 339 g/mol. The zero-order valence-electron chi connectivity index (χ0n) is 13.8. The lowest BCUT2D eigenvalue weighted by Gasteiger charge is -2.32. The van der Waals surface area contributed by atoms with Crippen LogP contribution in [0.15, 0.2) is 53.6 Å². The second-order valence-electron chi connectivity index (χ2n) is 6.08. The Bertz CT molecular complexity index is 742. The number of aliphatic hydroxyl groups excluding tert-OH is 1. The van der Waals surface area contributed by atoms with Crippen LogP contribution in [0, 0.1) is 0 Å². The van der Waals surface area contributed by atoms with Crippen LogP contribution in [-0.2, 0) is 0 Å². The minimum atomic E-state index is -0.338. The summed E-state index contributed by atoms with van der Waals surface area (Å²) >= 11 is 0. The topological polar surface area (TPSA) is 85.2 Å². The normalized spacial score (nSPS) is 17.6. The number of nitrogens with zero attached hydrogens (tertiary/aromatic N) is 2. The van der Waals surface area contributed by atoms with Gasteiger partial charge in [0, 0.05) is 24.3 Å². The molecule has 1 aliphatic rings. The maximum atomic E-state index is 11.9. The molecule has 0 saturated carbocycles. The number of amides is 1. The van der Waals surface area contributed by atoms with Gasteiger partial charge in [-0.3, -0.25) is 4.79 Å². The van der Waals surface area contributed by atoms with Crippen molar-refractivity contribution in [1.29, 1.82) is 0 Å². The lowest BCUT2D eigenvalue weighted by molar-refractivity contribution is 0.0955. The predicted molar refractivity (Wildman–Crippen MR) is 97.1 cm³/mol. The van der Waals surface area contributed by atoms with E-state index in [0.29, 0.717) is 12.1 Å². The number of hydrazone groups is 1. The predicted octanol–water partition coefficient (Wildman–Crippen LogP) is 2.12. The number of benzene rings is 2. The molecule has 0 radical (unpaired) electrons. The van der Waals surface area contributed by atoms with Gasteiger partial charge in [0.2, 0.25) is 0 Å². The average molecular weight is 339 g/mol. The second-order valence-corrected chi connectivity index (χ2v) is 6.08. The smallest absolute Gasteiger partial charge is 0.271 e. The van der Waals surface area contributed by atoms with E-state index in [1.165, 1.54) is 24.3 Å². The van der Waals surface area contributed by atoms with E-state index in [4.69, 9.17) is 0 Å². The van der Waals surface area contributed by atoms with Crippen molar-refractivity contribution in [2.75, 3.05) is 18.0 Å². The van der Waals surface area contributed by atoms with E-state index in [-0.39, 0.29) is 17.8 Å². The number of carbonyl (C=O) groups is 1. The van der Waals surface area contributed by atoms with Gasteiger partial charge in [0.15, 0.2) is 0 Å². The number of β-amino-alcohol motifs (C(OH)–C–C–N with tert-alkyl or cyclic N) is 1. The number of piperidine rings is 1. The van der Waals surface area contributed by atoms with Crippen LogP contribution in [0.1, 0.15) is 28.8 Å². The molecule has 2 aromatic carbocycles. The summed E-state index contributed by atoms with van der Waals surface area (Å²) in [6.45, 7) is 1.61. The van der Waals surface area contributed by atoms with Gasteiger partial charge in [-0.05, 0) is 54.8 Å². The van der Waals surface area contributed by atoms with Crippen molar-refractivity contribution >= 4 is 17.8 Å². The molecule has 1 aliphatic heterocycles. The SMILES string of the molecule is O=C(N/N=C/c1ccc(N2CCCC(O)C2)cc1)c1ccc(O)cc1. The number of nitrogens with one attached hydrogen (secondary N) is 1. The molecule has 3 N–H and O–H groups in total. The van der Waals surface area contributed by atoms with Crippen molar-refractivity contribution in [2.24, 2.45) is 5.10 Å². The van der Waals surface area contributed by atoms with Gasteiger partial charge < -0.3 is 15.1 Å². The zero-order chi connectivity index (χ0) is 17.6. The first-order valence-corrected chi connectivity index (χ1v) is 8.27. The van der Waals surface area contributed by atoms with Gasteiger partial charge in [0.1, 0.15) is 5.75 Å². The van der Waals surface area contributed by atoms with E-state index < -0.39 is 0 Å². The third-order valence-electron chi connectivity index (χ3n) is 4.16. The highest BCUT2D eigenvalue weighted by Crippen LogP contribution is 2.20. The quantitative estimate of drug-likeness (QED) is 0.588. The summed E-state index contributed by atoms with van der Waals surface area (Å²) < 4.78 is 0. The first-order valence-electron chi connectivity index (χ1n) is 8.27. The van der Waals surface area contributed by atoms with Gasteiger partial charge in [-0.15, -0.1) is 0 Å². The van der Waals surface area contributed by atoms with Gasteiger partial charge in [0.05, 0.1) is 12.3 Å². The van der Waals surface area contributed by atoms with Gasteiger partial charge in [-0.1, -0.05) is 12.1 Å². The summed E-state index contributed by atoms with van der Waals surface area (Å²) in [7, 11) is 0. The molecule has 1 amide bonds. The van der Waals surface area contributed by atoms with Crippen LogP contribution >= 0.6 is 0 Å². The first kappa shape index (κ1) is 17.0. The standard InChI is InChI=1S/C19H21N3O3/c23-17-9-5-15(6-10-17)19(25)21-20-12-14-3-7-16(8-4-14)22-11-1-2-18(24)13-22/h3-10,12,18,23-24H,1-2,11,13H2,(H,21,25)/b20-12+. The third kappa shape index (κ3) is 4.58. The van der Waals surface area contributed by atoms with E-state index >= 15 is 0 Å². The molecular weight excluding hydrogens is 318 g/mol. The van der Waals surface area contributed by atoms with Crippen LogP contribution < -0.4 is 10.3 Å². The summed E-state index contributed by atoms with van der Waals surface area (Å²) in [6.07, 6.45) is 3.17. The Morgan fingerprint density at radius 3 is 2.56 bits per heavy atom. The molecule has 1 atom stereocenters. The van der Waals surface area contributed by atoms with Crippen molar-refractivity contribution in [3.05, 3.63) is 59.7 Å². The molecule has 1 saturated heterocycles. The highest BCUT2D eigenvalue weighted by Gasteiger charge is 2.17. The molecule has 0 aliphatic carbocycles. The number of rotatable bonds is 4. The van der Waals surface area contributed by atoms with Crippen molar-refractivity contribution in [2.45, 2.75) is 18.9 Å². The largest absolute Gasteiger partial charge is 0.508 e. The van der Waals surface area contributed by atoms with Gasteiger partial charge >= 0.3 is 0 Å². The van der Waals surface area contributed by atoms with Crippen LogP contribution in [0.4, 0.5) is 5.69 Å². The molecule has 0 bridgehead atoms. The molecular formula is C19H21N3O3. The van der Waals surface area contributed by atoms with Gasteiger partial charge in [-0.25, -0.2) is 5.43 Å². The fourth-order valence-corrected chi connectivity index (χ4v) is 2.80. The molecule has 1 heterocycles. The second kappa shape index (κ2) is 7.81. The Morgan fingerprint density at radius 2 is 1.88 bits per heavy atom. The maximum absolute atomic E-state index is 11.9. The third-order valence-corrected chi connectivity index (χ3v) is 4.16. The molecule has 6 heteroatoms. The van der Waals surface area contributed by atoms with E-state index in [2.05, 4.69) is 15.4 Å². The van der Waals surface area contributed by atoms with Crippen molar-refractivity contribution < 1.29 is 15.0 Å². The van der Waals surface area contributed by atoms with E-state index in [1.54, 1.807) is 6.21 Å². The number of phenolic OH excluding ortho intramolecular Hbond substituents is 1. The molecule has 0 aromatic heterocycles. The fourth-order valence-electron chi connectivity index (χ4n) is 2.80. The summed E-state index contributed by atoms with van der Waals surface area (Å²) in [5.74, 6) is -0.225. The lowest BCUT2D eigenvalue weighted by atomic mass is 10.1. The number of hydrogen-bond donors (Lipinski definition) is 3. The Kier molecular flexibility index (Phi) is 5.30. The number of phenols is 1. The maximum Gasteiger partial charge on any atom is 0.271 e. The van der Waals surface area contributed by atoms with E-state index in [0.717, 1.165) is 30.6 Å². The lowest BCUT2D eigenvalue weighted by Crippen LogP contribution is -2.38. The molecule has 1 unspecified atom stereocenters. The summed E-state index contributed by atoms with van der Waals surface area (Å²) in [6, 6.07) is 13.8. The van der Waals surface area contributed by atoms with Crippen LogP contribution in [0.25, 0.3) is 0 Å². The van der Waals surface area contributed by atoms with Crippen molar-refractivity contribution in [1.82, 2.24) is 5.43 Å². The molecule has 6 nitrogen and oxygen atoms in total. The Balaban J connectivity index is 1.56. The van der Waals surface area contributed by atoms with Crippen molar-refractivity contribution in [3.8, 4) is 5.75 Å². The summed E-state index contributed by atoms with van der Waals surface area (Å²) in [4.78, 5) is 14.1. The van der Waals surface area contributed by atoms with Gasteiger partial charge in [0.25, 0.3) is 5.91 Å². The van der Waals surface area contributed by atoms with Crippen LogP contribution in [0.2, 0.25) is 0 Å². The number of hydrogen-bond acceptors (Lipinski definition) is 5. The van der Waals surface area contributed by atoms with Crippen molar-refractivity contribution in [3.63, 3.8) is 0 Å². The highest BCUT2D eigenvalue weighted by atomic mass is 16.3. The molecule has 0 spiro atoms. The van der Waals surface area contributed by atoms with Crippen LogP contribution in [-0.4, -0.2) is 41.5 Å². The Hall–Kier alpha value is -2.86. The van der Waals surface area contributed by atoms with E-state index in [9.17, 15) is 15.0 Å². The fraction of sp³-hybridized carbons (Fsp3) is 0.263. The number of carbonyl (C=O) groups excluding carboxylic acids is 1. The Morgan fingerprint density at radius 1 is 1.16 bits per heavy atom. The zero-order valence-corrected chi connectivity index (χ0v) is 13.8. The minimum absolute atomic E-state index is 0.112. The Labute approximate surface area is 146 Å². The summed E-state index contributed by atoms with van der Waals surface area (Å²) in [5.41, 5.74) is 4.82. The molecule has 130 valence electrons. The number of anilines is 1. The molecule has 3 rings (SSSR count). The first-order chi connectivity index (χ1) is 12.1. The number of aromatic hydroxyl groups is 1. The number of aliphatic hydroxyl groups is 1. The van der Waals surface area contributed by atoms with Gasteiger partial charge in [-0.2, -0.15) is 5.10 Å². The molecule has 25 heavy (non-hydrogen) atoms. The molecule has 1 fully saturated rings. The average Bonchev–Trinajstić information content (AvgIpc) is 2.63.